The lowest BCUT2D eigenvalue weighted by Crippen LogP contribution is -2.54. The van der Waals surface area contributed by atoms with Crippen LogP contribution in [0, 0.1) is 34.5 Å². The third kappa shape index (κ3) is 2.73. The highest BCUT2D eigenvalue weighted by Crippen LogP contribution is 2.65. The van der Waals surface area contributed by atoms with Gasteiger partial charge in [0.05, 0.1) is 6.10 Å². The quantitative estimate of drug-likeness (QED) is 0.492. The number of nitrogens with one attached hydrogen (secondary N) is 1. The summed E-state index contributed by atoms with van der Waals surface area (Å²) in [6.45, 7) is 4.97. The van der Waals surface area contributed by atoms with Crippen LogP contribution < -0.4 is 11.2 Å². The van der Waals surface area contributed by atoms with Gasteiger partial charge in [0, 0.05) is 11.1 Å². The van der Waals surface area contributed by atoms with Gasteiger partial charge in [-0.2, -0.15) is 5.10 Å². The van der Waals surface area contributed by atoms with Crippen LogP contribution >= 0.6 is 12.2 Å². The Hall–Kier alpha value is -0.680. The van der Waals surface area contributed by atoms with Crippen LogP contribution in [0.15, 0.2) is 5.10 Å². The predicted octanol–water partition coefficient (Wildman–Crippen LogP) is 3.58. The summed E-state index contributed by atoms with van der Waals surface area (Å²) in [4.78, 5) is 0. The minimum absolute atomic E-state index is 0.0557. The molecule has 0 spiro atoms. The van der Waals surface area contributed by atoms with Gasteiger partial charge in [-0.25, -0.2) is 0 Å². The maximum Gasteiger partial charge on any atom is 0.184 e. The fourth-order valence-electron chi connectivity index (χ4n) is 7.33. The molecule has 4 nitrogen and oxygen atoms in total. The normalized spacial score (nSPS) is 50.7. The van der Waals surface area contributed by atoms with Gasteiger partial charge in [0.1, 0.15) is 0 Å². The lowest BCUT2D eigenvalue weighted by atomic mass is 9.45. The molecule has 4 aliphatic rings. The molecule has 0 heterocycles. The molecule has 0 aromatic rings. The van der Waals surface area contributed by atoms with E-state index in [-0.39, 0.29) is 16.6 Å². The van der Waals surface area contributed by atoms with E-state index in [4.69, 9.17) is 18.0 Å². The van der Waals surface area contributed by atoms with Crippen LogP contribution in [0.1, 0.15) is 71.6 Å². The lowest BCUT2D eigenvalue weighted by molar-refractivity contribution is -0.113. The molecule has 7 atom stereocenters. The van der Waals surface area contributed by atoms with Gasteiger partial charge in [-0.05, 0) is 99.1 Å². The van der Waals surface area contributed by atoms with Gasteiger partial charge in [-0.1, -0.05) is 13.8 Å². The Morgan fingerprint density at radius 1 is 1.16 bits per heavy atom. The van der Waals surface area contributed by atoms with Crippen molar-refractivity contribution >= 4 is 23.0 Å². The first kappa shape index (κ1) is 17.7. The van der Waals surface area contributed by atoms with E-state index in [0.29, 0.717) is 5.41 Å². The fraction of sp³-hybridized carbons (Fsp3) is 0.900. The van der Waals surface area contributed by atoms with Crippen molar-refractivity contribution in [1.29, 1.82) is 0 Å². The van der Waals surface area contributed by atoms with E-state index in [1.165, 1.54) is 44.2 Å². The number of hydrazone groups is 1. The van der Waals surface area contributed by atoms with Crippen molar-refractivity contribution in [1.82, 2.24) is 5.43 Å². The van der Waals surface area contributed by atoms with Crippen LogP contribution in [-0.2, 0) is 0 Å². The Labute approximate surface area is 157 Å². The second kappa shape index (κ2) is 6.19. The monoisotopic (exact) mass is 363 g/mol. The molecule has 0 radical (unpaired) electrons. The number of thiocarbonyl (C=S) groups is 1. The molecule has 4 fully saturated rings. The highest BCUT2D eigenvalue weighted by Gasteiger charge is 2.59. The average molecular weight is 364 g/mol. The summed E-state index contributed by atoms with van der Waals surface area (Å²) in [5.41, 5.74) is 10.4. The summed E-state index contributed by atoms with van der Waals surface area (Å²) in [5, 5.41) is 15.0. The number of hydrogen-bond donors (Lipinski definition) is 3. The fourth-order valence-corrected chi connectivity index (χ4v) is 7.38. The Bertz CT molecular complexity index is 593. The molecule has 0 aromatic heterocycles. The molecule has 140 valence electrons. The first-order valence-corrected chi connectivity index (χ1v) is 10.6. The van der Waals surface area contributed by atoms with Crippen molar-refractivity contribution in [2.45, 2.75) is 77.7 Å². The molecule has 0 aromatic carbocycles. The Balaban J connectivity index is 1.58. The van der Waals surface area contributed by atoms with Crippen molar-refractivity contribution in [3.63, 3.8) is 0 Å². The molecule has 5 heteroatoms. The minimum Gasteiger partial charge on any atom is -0.393 e. The van der Waals surface area contributed by atoms with Gasteiger partial charge in [0.15, 0.2) is 5.11 Å². The third-order valence-electron chi connectivity index (χ3n) is 8.68. The molecule has 0 unspecified atom stereocenters. The number of aliphatic hydroxyl groups is 1. The van der Waals surface area contributed by atoms with E-state index in [2.05, 4.69) is 24.4 Å². The van der Waals surface area contributed by atoms with Gasteiger partial charge in [0.2, 0.25) is 0 Å². The number of nitrogens with two attached hydrogens (primary N) is 1. The topological polar surface area (TPSA) is 70.6 Å². The highest BCUT2D eigenvalue weighted by atomic mass is 32.1. The van der Waals surface area contributed by atoms with E-state index < -0.39 is 0 Å². The average Bonchev–Trinajstić information content (AvgIpc) is 2.90. The SMILES string of the molecule is C[C@]12CC[C@@H](O)C[C@@H]1CC[C@@H]1[C@H]3CCC(=NNC(N)=S)[C@@]3(C)CC[C@@H]12. The maximum absolute atomic E-state index is 10.1. The molecule has 0 aliphatic heterocycles. The zero-order valence-corrected chi connectivity index (χ0v) is 16.4. The zero-order chi connectivity index (χ0) is 17.8. The van der Waals surface area contributed by atoms with Gasteiger partial charge >= 0.3 is 0 Å². The van der Waals surface area contributed by atoms with Crippen LogP contribution in [0.5, 0.6) is 0 Å². The molecular formula is C20H33N3OS. The van der Waals surface area contributed by atoms with Crippen LogP contribution in [-0.4, -0.2) is 22.0 Å². The summed E-state index contributed by atoms with van der Waals surface area (Å²) >= 11 is 4.93. The maximum atomic E-state index is 10.1. The van der Waals surface area contributed by atoms with Gasteiger partial charge in [-0.15, -0.1) is 0 Å². The van der Waals surface area contributed by atoms with Crippen LogP contribution in [0.3, 0.4) is 0 Å². The van der Waals surface area contributed by atoms with Crippen LogP contribution in [0.25, 0.3) is 0 Å². The first-order chi connectivity index (χ1) is 11.8. The first-order valence-electron chi connectivity index (χ1n) is 10.1. The van der Waals surface area contributed by atoms with Crippen molar-refractivity contribution in [2.75, 3.05) is 0 Å². The predicted molar refractivity (Wildman–Crippen MR) is 105 cm³/mol. The van der Waals surface area contributed by atoms with Gasteiger partial charge in [-0.3, -0.25) is 5.43 Å². The van der Waals surface area contributed by atoms with E-state index in [0.717, 1.165) is 42.9 Å². The molecule has 0 amide bonds. The molecule has 25 heavy (non-hydrogen) atoms. The molecule has 4 saturated carbocycles. The Kier molecular flexibility index (Phi) is 4.39. The lowest BCUT2D eigenvalue weighted by Gasteiger charge is -2.60. The summed E-state index contributed by atoms with van der Waals surface area (Å²) in [5.74, 6) is 3.14. The summed E-state index contributed by atoms with van der Waals surface area (Å²) in [6, 6.07) is 0. The van der Waals surface area contributed by atoms with Crippen molar-refractivity contribution < 1.29 is 5.11 Å². The molecule has 4 aliphatic carbocycles. The van der Waals surface area contributed by atoms with Gasteiger partial charge in [0.25, 0.3) is 0 Å². The van der Waals surface area contributed by atoms with E-state index in [1.807, 2.05) is 0 Å². The molecular weight excluding hydrogens is 330 g/mol. The molecule has 4 rings (SSSR count). The summed E-state index contributed by atoms with van der Waals surface area (Å²) < 4.78 is 0. The zero-order valence-electron chi connectivity index (χ0n) is 15.6. The number of nitrogens with zero attached hydrogens (tertiary/aromatic N) is 1. The third-order valence-corrected chi connectivity index (χ3v) is 8.77. The van der Waals surface area contributed by atoms with Crippen molar-refractivity contribution in [3.8, 4) is 0 Å². The second-order valence-corrected chi connectivity index (χ2v) is 10.1. The van der Waals surface area contributed by atoms with E-state index in [9.17, 15) is 5.11 Å². The highest BCUT2D eigenvalue weighted by molar-refractivity contribution is 7.80. The van der Waals surface area contributed by atoms with Crippen LogP contribution in [0.4, 0.5) is 0 Å². The standard InChI is InChI=1S/C20H33N3OS/c1-19-9-7-13(24)11-12(19)3-4-14-15-5-6-17(22-23-18(21)25)20(15,2)10-8-16(14)19/h12-16,24H,3-11H2,1-2H3,(H3,21,23,25)/t12-,13+,14+,15+,16-,19-,20-/m0/s1. The van der Waals surface area contributed by atoms with E-state index in [1.54, 1.807) is 0 Å². The second-order valence-electron chi connectivity index (χ2n) is 9.61. The molecule has 0 saturated heterocycles. The molecule has 4 N–H and O–H groups in total. The number of hydrogen-bond acceptors (Lipinski definition) is 3. The smallest absolute Gasteiger partial charge is 0.184 e. The number of rotatable bonds is 1. The van der Waals surface area contributed by atoms with Gasteiger partial charge < -0.3 is 10.8 Å². The number of fused-ring (bicyclic) bond motifs is 5. The molecule has 0 bridgehead atoms. The number of aliphatic hydroxyl groups excluding tert-OH is 1. The van der Waals surface area contributed by atoms with E-state index >= 15 is 0 Å². The summed E-state index contributed by atoms with van der Waals surface area (Å²) in [7, 11) is 0. The Morgan fingerprint density at radius 2 is 1.96 bits per heavy atom. The minimum atomic E-state index is -0.0557. The van der Waals surface area contributed by atoms with Crippen molar-refractivity contribution in [3.05, 3.63) is 0 Å². The largest absolute Gasteiger partial charge is 0.393 e. The van der Waals surface area contributed by atoms with Crippen LogP contribution in [0.2, 0.25) is 0 Å². The van der Waals surface area contributed by atoms with Crippen molar-refractivity contribution in [2.24, 2.45) is 45.3 Å². The summed E-state index contributed by atoms with van der Waals surface area (Å²) in [6.07, 6.45) is 10.7. The Morgan fingerprint density at radius 3 is 2.72 bits per heavy atom.